The van der Waals surface area contributed by atoms with Gasteiger partial charge in [0.25, 0.3) is 0 Å². The number of hydrogen-bond acceptors (Lipinski definition) is 2. The van der Waals surface area contributed by atoms with E-state index in [1.165, 1.54) is 12.1 Å². The van der Waals surface area contributed by atoms with Crippen LogP contribution in [0.2, 0.25) is 0 Å². The minimum absolute atomic E-state index is 0.0262. The molecule has 3 N–H and O–H groups in total. The Balaban J connectivity index is 1.85. The molecule has 4 heteroatoms. The molecule has 0 bridgehead atoms. The van der Waals surface area contributed by atoms with Crippen LogP contribution >= 0.6 is 0 Å². The molecule has 1 aliphatic carbocycles. The van der Waals surface area contributed by atoms with E-state index >= 15 is 0 Å². The molecule has 0 spiro atoms. The van der Waals surface area contributed by atoms with Crippen LogP contribution in [-0.4, -0.2) is 12.5 Å². The standard InChI is InChI=1S/C20H23FN2O/c21-17-11-9-15(10-12-17)19(14-5-2-1-3-6-14)23-20(24)18-8-4-7-16(18)13-22/h1-3,5-6,9-12,16,18-19H,4,7-8,13,22H2,(H,23,24)/t16-,18-,19?/m1/s1. The van der Waals surface area contributed by atoms with Gasteiger partial charge in [0.2, 0.25) is 5.91 Å². The van der Waals surface area contributed by atoms with Crippen molar-refractivity contribution in [3.8, 4) is 0 Å². The minimum Gasteiger partial charge on any atom is -0.345 e. The lowest BCUT2D eigenvalue weighted by Crippen LogP contribution is -2.37. The van der Waals surface area contributed by atoms with Crippen LogP contribution in [0.5, 0.6) is 0 Å². The van der Waals surface area contributed by atoms with E-state index in [9.17, 15) is 9.18 Å². The van der Waals surface area contributed by atoms with Gasteiger partial charge in [-0.2, -0.15) is 0 Å². The fourth-order valence-electron chi connectivity index (χ4n) is 3.57. The van der Waals surface area contributed by atoms with Gasteiger partial charge in [0, 0.05) is 5.92 Å². The molecule has 3 atom stereocenters. The van der Waals surface area contributed by atoms with Crippen LogP contribution < -0.4 is 11.1 Å². The van der Waals surface area contributed by atoms with Gasteiger partial charge in [-0.15, -0.1) is 0 Å². The van der Waals surface area contributed by atoms with Crippen LogP contribution in [0.25, 0.3) is 0 Å². The van der Waals surface area contributed by atoms with Gasteiger partial charge >= 0.3 is 0 Å². The minimum atomic E-state index is -0.282. The van der Waals surface area contributed by atoms with Gasteiger partial charge in [0.1, 0.15) is 5.82 Å². The Kier molecular flexibility index (Phi) is 5.26. The van der Waals surface area contributed by atoms with Gasteiger partial charge in [0.05, 0.1) is 6.04 Å². The third kappa shape index (κ3) is 3.65. The molecule has 1 aliphatic rings. The Morgan fingerprint density at radius 1 is 1.08 bits per heavy atom. The van der Waals surface area contributed by atoms with Crippen LogP contribution in [0.15, 0.2) is 54.6 Å². The molecule has 1 unspecified atom stereocenters. The highest BCUT2D eigenvalue weighted by atomic mass is 19.1. The van der Waals surface area contributed by atoms with E-state index in [1.54, 1.807) is 12.1 Å². The second kappa shape index (κ2) is 7.58. The highest BCUT2D eigenvalue weighted by Crippen LogP contribution is 2.32. The van der Waals surface area contributed by atoms with Crippen molar-refractivity contribution in [2.45, 2.75) is 25.3 Å². The van der Waals surface area contributed by atoms with Gasteiger partial charge < -0.3 is 11.1 Å². The van der Waals surface area contributed by atoms with Crippen molar-refractivity contribution < 1.29 is 9.18 Å². The van der Waals surface area contributed by atoms with Crippen LogP contribution in [0.1, 0.15) is 36.4 Å². The van der Waals surface area contributed by atoms with Crippen molar-refractivity contribution in [1.82, 2.24) is 5.32 Å². The SMILES string of the molecule is NC[C@H]1CCC[C@H]1C(=O)NC(c1ccccc1)c1ccc(F)cc1. The third-order valence-electron chi connectivity index (χ3n) is 4.92. The van der Waals surface area contributed by atoms with E-state index in [1.807, 2.05) is 30.3 Å². The first kappa shape index (κ1) is 16.7. The molecule has 0 saturated heterocycles. The summed E-state index contributed by atoms with van der Waals surface area (Å²) in [5, 5.41) is 3.16. The number of benzene rings is 2. The zero-order valence-electron chi connectivity index (χ0n) is 13.6. The molecule has 1 fully saturated rings. The summed E-state index contributed by atoms with van der Waals surface area (Å²) in [6.07, 6.45) is 2.95. The topological polar surface area (TPSA) is 55.1 Å². The molecule has 0 heterocycles. The maximum Gasteiger partial charge on any atom is 0.224 e. The molecule has 126 valence electrons. The summed E-state index contributed by atoms with van der Waals surface area (Å²) in [6.45, 7) is 0.546. The average molecular weight is 326 g/mol. The number of carbonyl (C=O) groups is 1. The summed E-state index contributed by atoms with van der Waals surface area (Å²) in [7, 11) is 0. The lowest BCUT2D eigenvalue weighted by atomic mass is 9.93. The van der Waals surface area contributed by atoms with Crippen molar-refractivity contribution >= 4 is 5.91 Å². The monoisotopic (exact) mass is 326 g/mol. The van der Waals surface area contributed by atoms with Crippen molar-refractivity contribution in [1.29, 1.82) is 0 Å². The lowest BCUT2D eigenvalue weighted by Gasteiger charge is -2.24. The Hall–Kier alpha value is -2.20. The molecule has 0 aliphatic heterocycles. The van der Waals surface area contributed by atoms with Crippen molar-refractivity contribution in [3.05, 3.63) is 71.5 Å². The fraction of sp³-hybridized carbons (Fsp3) is 0.350. The molecule has 24 heavy (non-hydrogen) atoms. The lowest BCUT2D eigenvalue weighted by molar-refractivity contribution is -0.126. The van der Waals surface area contributed by atoms with Gasteiger partial charge in [-0.05, 0) is 48.6 Å². The predicted molar refractivity (Wildman–Crippen MR) is 92.7 cm³/mol. The molecule has 1 saturated carbocycles. The third-order valence-corrected chi connectivity index (χ3v) is 4.92. The fourth-order valence-corrected chi connectivity index (χ4v) is 3.57. The van der Waals surface area contributed by atoms with Crippen LogP contribution in [0, 0.1) is 17.7 Å². The zero-order valence-corrected chi connectivity index (χ0v) is 13.6. The second-order valence-corrected chi connectivity index (χ2v) is 6.44. The molecule has 0 aromatic heterocycles. The van der Waals surface area contributed by atoms with E-state index in [2.05, 4.69) is 5.32 Å². The van der Waals surface area contributed by atoms with E-state index in [0.29, 0.717) is 6.54 Å². The quantitative estimate of drug-likeness (QED) is 0.885. The van der Waals surface area contributed by atoms with Crippen LogP contribution in [0.4, 0.5) is 4.39 Å². The Bertz CT molecular complexity index is 672. The first-order chi connectivity index (χ1) is 11.7. The molecule has 2 aromatic carbocycles. The molecular weight excluding hydrogens is 303 g/mol. The molecule has 2 aromatic rings. The van der Waals surface area contributed by atoms with Crippen molar-refractivity contribution in [3.63, 3.8) is 0 Å². The van der Waals surface area contributed by atoms with Crippen molar-refractivity contribution in [2.75, 3.05) is 6.54 Å². The molecule has 1 amide bonds. The van der Waals surface area contributed by atoms with Gasteiger partial charge in [-0.25, -0.2) is 4.39 Å². The number of nitrogens with one attached hydrogen (secondary N) is 1. The van der Waals surface area contributed by atoms with Crippen molar-refractivity contribution in [2.24, 2.45) is 17.6 Å². The number of rotatable bonds is 5. The summed E-state index contributed by atoms with van der Waals surface area (Å²) in [6, 6.07) is 15.8. The number of carbonyl (C=O) groups excluding carboxylic acids is 1. The van der Waals surface area contributed by atoms with E-state index < -0.39 is 0 Å². The highest BCUT2D eigenvalue weighted by Gasteiger charge is 2.33. The largest absolute Gasteiger partial charge is 0.345 e. The van der Waals surface area contributed by atoms with Crippen LogP contribution in [-0.2, 0) is 4.79 Å². The zero-order chi connectivity index (χ0) is 16.9. The molecule has 0 radical (unpaired) electrons. The Labute approximate surface area is 142 Å². The summed E-state index contributed by atoms with van der Waals surface area (Å²) >= 11 is 0. The number of nitrogens with two attached hydrogens (primary N) is 1. The second-order valence-electron chi connectivity index (χ2n) is 6.44. The van der Waals surface area contributed by atoms with E-state index in [0.717, 1.165) is 30.4 Å². The summed E-state index contributed by atoms with van der Waals surface area (Å²) in [5.41, 5.74) is 7.67. The first-order valence-corrected chi connectivity index (χ1v) is 8.50. The number of hydrogen-bond donors (Lipinski definition) is 2. The molecule has 3 nitrogen and oxygen atoms in total. The normalized spacial score (nSPS) is 21.4. The predicted octanol–water partition coefficient (Wildman–Crippen LogP) is 3.41. The summed E-state index contributed by atoms with van der Waals surface area (Å²) in [4.78, 5) is 12.8. The maximum atomic E-state index is 13.3. The van der Waals surface area contributed by atoms with E-state index in [-0.39, 0.29) is 29.6 Å². The number of halogens is 1. The van der Waals surface area contributed by atoms with Gasteiger partial charge in [-0.1, -0.05) is 48.9 Å². The Morgan fingerprint density at radius 3 is 2.42 bits per heavy atom. The molecular formula is C20H23FN2O. The van der Waals surface area contributed by atoms with Gasteiger partial charge in [-0.3, -0.25) is 4.79 Å². The summed E-state index contributed by atoms with van der Waals surface area (Å²) in [5.74, 6) is -0.00620. The molecule has 3 rings (SSSR count). The highest BCUT2D eigenvalue weighted by molar-refractivity contribution is 5.80. The summed E-state index contributed by atoms with van der Waals surface area (Å²) < 4.78 is 13.3. The first-order valence-electron chi connectivity index (χ1n) is 8.50. The Morgan fingerprint density at radius 2 is 1.75 bits per heavy atom. The van der Waals surface area contributed by atoms with Gasteiger partial charge in [0.15, 0.2) is 0 Å². The average Bonchev–Trinajstić information content (AvgIpc) is 3.10. The van der Waals surface area contributed by atoms with Crippen LogP contribution in [0.3, 0.4) is 0 Å². The maximum absolute atomic E-state index is 13.3. The smallest absolute Gasteiger partial charge is 0.224 e. The van der Waals surface area contributed by atoms with E-state index in [4.69, 9.17) is 5.73 Å². The number of amides is 1.